The minimum Gasteiger partial charge on any atom is -0.497 e. The molecule has 2 aromatic rings. The number of amides is 1. The van der Waals surface area contributed by atoms with Crippen LogP contribution < -0.4 is 10.1 Å². The summed E-state index contributed by atoms with van der Waals surface area (Å²) < 4.78 is 5.81. The van der Waals surface area contributed by atoms with Crippen LogP contribution in [0.25, 0.3) is 6.08 Å². The molecule has 0 radical (unpaired) electrons. The average Bonchev–Trinajstić information content (AvgIpc) is 3.07. The van der Waals surface area contributed by atoms with Crippen LogP contribution in [0.1, 0.15) is 18.4 Å². The zero-order valence-corrected chi connectivity index (χ0v) is 19.0. The number of methoxy groups -OCH3 is 1. The molecule has 1 aliphatic rings. The lowest BCUT2D eigenvalue weighted by Gasteiger charge is -2.11. The van der Waals surface area contributed by atoms with Gasteiger partial charge in [-0.25, -0.2) is 0 Å². The number of nitrogens with zero attached hydrogens (tertiary/aromatic N) is 1. The molecule has 166 valence electrons. The first-order valence-corrected chi connectivity index (χ1v) is 11.9. The lowest BCUT2D eigenvalue weighted by molar-refractivity contribution is -0.384. The summed E-state index contributed by atoms with van der Waals surface area (Å²) in [5.74, 6) is 1.36. The second-order valence-corrected chi connectivity index (χ2v) is 9.27. The minimum absolute atomic E-state index is 0.0539. The SMILES string of the molecule is COc1ccc(/C=C\C(=O)C(C(=O)Nc2cccc([N+](=O)[O-])c2)=C2SCCCCS2)cc1. The van der Waals surface area contributed by atoms with Crippen LogP contribution in [0.15, 0.2) is 64.4 Å². The second kappa shape index (κ2) is 11.5. The number of nitro groups is 1. The van der Waals surface area contributed by atoms with Gasteiger partial charge in [-0.3, -0.25) is 19.7 Å². The lowest BCUT2D eigenvalue weighted by atomic mass is 10.1. The summed E-state index contributed by atoms with van der Waals surface area (Å²) in [4.78, 5) is 36.7. The Balaban J connectivity index is 1.87. The number of nitrogens with one attached hydrogen (secondary N) is 1. The van der Waals surface area contributed by atoms with Crippen molar-refractivity contribution in [2.24, 2.45) is 0 Å². The Kier molecular flexibility index (Phi) is 8.52. The maximum atomic E-state index is 13.1. The topological polar surface area (TPSA) is 98.5 Å². The summed E-state index contributed by atoms with van der Waals surface area (Å²) in [7, 11) is 1.58. The van der Waals surface area contributed by atoms with E-state index < -0.39 is 16.6 Å². The molecule has 0 unspecified atom stereocenters. The number of non-ortho nitro benzene ring substituents is 1. The highest BCUT2D eigenvalue weighted by atomic mass is 32.2. The molecule has 0 saturated carbocycles. The maximum absolute atomic E-state index is 13.1. The molecule has 0 aromatic heterocycles. The smallest absolute Gasteiger partial charge is 0.271 e. The Bertz CT molecular complexity index is 1050. The number of rotatable bonds is 7. The van der Waals surface area contributed by atoms with Crippen molar-refractivity contribution >= 4 is 52.7 Å². The highest BCUT2D eigenvalue weighted by Gasteiger charge is 2.24. The summed E-state index contributed by atoms with van der Waals surface area (Å²) in [6.45, 7) is 0. The van der Waals surface area contributed by atoms with Gasteiger partial charge in [0.2, 0.25) is 0 Å². The minimum atomic E-state index is -0.577. The van der Waals surface area contributed by atoms with E-state index >= 15 is 0 Å². The first-order valence-electron chi connectivity index (χ1n) is 9.90. The summed E-state index contributed by atoms with van der Waals surface area (Å²) in [6, 6.07) is 12.9. The third-order valence-electron chi connectivity index (χ3n) is 4.54. The lowest BCUT2D eigenvalue weighted by Crippen LogP contribution is -2.20. The van der Waals surface area contributed by atoms with E-state index in [1.165, 1.54) is 47.8 Å². The second-order valence-electron chi connectivity index (χ2n) is 6.80. The number of allylic oxidation sites excluding steroid dienone is 1. The van der Waals surface area contributed by atoms with E-state index in [1.54, 1.807) is 31.4 Å². The van der Waals surface area contributed by atoms with Crippen molar-refractivity contribution in [3.63, 3.8) is 0 Å². The van der Waals surface area contributed by atoms with Crippen molar-refractivity contribution in [2.45, 2.75) is 12.8 Å². The number of nitro benzene ring substituents is 1. The number of ketones is 1. The van der Waals surface area contributed by atoms with Crippen LogP contribution in [-0.2, 0) is 9.59 Å². The number of hydrogen-bond acceptors (Lipinski definition) is 7. The molecule has 1 heterocycles. The van der Waals surface area contributed by atoms with Crippen LogP contribution in [0.3, 0.4) is 0 Å². The van der Waals surface area contributed by atoms with E-state index in [2.05, 4.69) is 5.32 Å². The van der Waals surface area contributed by atoms with Gasteiger partial charge in [0.25, 0.3) is 11.6 Å². The fourth-order valence-corrected chi connectivity index (χ4v) is 5.46. The van der Waals surface area contributed by atoms with Gasteiger partial charge in [0.15, 0.2) is 5.78 Å². The van der Waals surface area contributed by atoms with Crippen LogP contribution in [0, 0.1) is 10.1 Å². The molecule has 9 heteroatoms. The van der Waals surface area contributed by atoms with Crippen molar-refractivity contribution in [3.05, 3.63) is 80.1 Å². The number of carbonyl (C=O) groups is 2. The number of benzene rings is 2. The van der Waals surface area contributed by atoms with Gasteiger partial charge in [-0.15, -0.1) is 23.5 Å². The van der Waals surface area contributed by atoms with Gasteiger partial charge >= 0.3 is 0 Å². The molecule has 1 aliphatic heterocycles. The normalized spacial score (nSPS) is 14.0. The van der Waals surface area contributed by atoms with Crippen molar-refractivity contribution < 1.29 is 19.2 Å². The van der Waals surface area contributed by atoms with Gasteiger partial charge in [0.1, 0.15) is 11.3 Å². The quantitative estimate of drug-likeness (QED) is 0.193. The van der Waals surface area contributed by atoms with Gasteiger partial charge < -0.3 is 10.1 Å². The first kappa shape index (κ1) is 23.6. The van der Waals surface area contributed by atoms with E-state index in [4.69, 9.17) is 4.74 Å². The number of ether oxygens (including phenoxy) is 1. The van der Waals surface area contributed by atoms with Crippen molar-refractivity contribution in [1.29, 1.82) is 0 Å². The van der Waals surface area contributed by atoms with E-state index in [0.29, 0.717) is 9.99 Å². The molecular formula is C23H22N2O5S2. The third kappa shape index (κ3) is 6.48. The molecule has 3 rings (SSSR count). The van der Waals surface area contributed by atoms with Gasteiger partial charge in [-0.05, 0) is 54.2 Å². The molecular weight excluding hydrogens is 448 g/mol. The predicted octanol–water partition coefficient (Wildman–Crippen LogP) is 5.30. The summed E-state index contributed by atoms with van der Waals surface area (Å²) >= 11 is 2.99. The molecule has 32 heavy (non-hydrogen) atoms. The average molecular weight is 471 g/mol. The molecule has 1 saturated heterocycles. The highest BCUT2D eigenvalue weighted by molar-refractivity contribution is 8.22. The van der Waals surface area contributed by atoms with Crippen molar-refractivity contribution in [2.75, 3.05) is 23.9 Å². The van der Waals surface area contributed by atoms with Gasteiger partial charge in [-0.2, -0.15) is 0 Å². The molecule has 0 bridgehead atoms. The molecule has 7 nitrogen and oxygen atoms in total. The standard InChI is InChI=1S/C23H22N2O5S2/c1-30-19-10-7-16(8-11-19)9-12-20(26)21(23-31-13-2-3-14-32-23)22(27)24-17-5-4-6-18(15-17)25(28)29/h4-12,15H,2-3,13-14H2,1H3,(H,24,27)/b12-9-. The van der Waals surface area contributed by atoms with Crippen molar-refractivity contribution in [1.82, 2.24) is 0 Å². The molecule has 1 fully saturated rings. The van der Waals surface area contributed by atoms with Crippen LogP contribution >= 0.6 is 23.5 Å². The maximum Gasteiger partial charge on any atom is 0.271 e. The molecule has 2 aromatic carbocycles. The van der Waals surface area contributed by atoms with Crippen LogP contribution in [0.2, 0.25) is 0 Å². The van der Waals surface area contributed by atoms with Crippen molar-refractivity contribution in [3.8, 4) is 5.75 Å². The molecule has 0 aliphatic carbocycles. The van der Waals surface area contributed by atoms with Gasteiger partial charge in [0, 0.05) is 17.8 Å². The van der Waals surface area contributed by atoms with E-state index in [-0.39, 0.29) is 16.9 Å². The monoisotopic (exact) mass is 470 g/mol. The summed E-state index contributed by atoms with van der Waals surface area (Å²) in [5.41, 5.74) is 0.973. The fourth-order valence-electron chi connectivity index (χ4n) is 2.89. The zero-order valence-electron chi connectivity index (χ0n) is 17.4. The number of hydrogen-bond donors (Lipinski definition) is 1. The highest BCUT2D eigenvalue weighted by Crippen LogP contribution is 2.37. The van der Waals surface area contributed by atoms with Crippen LogP contribution in [0.4, 0.5) is 11.4 Å². The molecule has 1 N–H and O–H groups in total. The largest absolute Gasteiger partial charge is 0.497 e. The third-order valence-corrected chi connectivity index (χ3v) is 7.17. The Labute approximate surface area is 194 Å². The Morgan fingerprint density at radius 3 is 2.41 bits per heavy atom. The van der Waals surface area contributed by atoms with Crippen LogP contribution in [0.5, 0.6) is 5.75 Å². The number of carbonyl (C=O) groups excluding carboxylic acids is 2. The Morgan fingerprint density at radius 1 is 1.09 bits per heavy atom. The molecule has 0 atom stereocenters. The number of anilines is 1. The Morgan fingerprint density at radius 2 is 1.78 bits per heavy atom. The van der Waals surface area contributed by atoms with E-state index in [0.717, 1.165) is 29.9 Å². The zero-order chi connectivity index (χ0) is 22.9. The van der Waals surface area contributed by atoms with E-state index in [1.807, 2.05) is 12.1 Å². The Hall–Kier alpha value is -3.04. The molecule has 1 amide bonds. The van der Waals surface area contributed by atoms with Gasteiger partial charge in [-0.1, -0.05) is 24.3 Å². The summed E-state index contributed by atoms with van der Waals surface area (Å²) in [5, 5.41) is 13.7. The number of thioether (sulfide) groups is 2. The first-order chi connectivity index (χ1) is 15.5. The summed E-state index contributed by atoms with van der Waals surface area (Å²) in [6.07, 6.45) is 5.05. The van der Waals surface area contributed by atoms with Crippen LogP contribution in [-0.4, -0.2) is 35.2 Å². The molecule has 0 spiro atoms. The van der Waals surface area contributed by atoms with E-state index in [9.17, 15) is 19.7 Å². The van der Waals surface area contributed by atoms with Gasteiger partial charge in [0.05, 0.1) is 16.3 Å². The predicted molar refractivity (Wildman–Crippen MR) is 130 cm³/mol. The fraction of sp³-hybridized carbons (Fsp3) is 0.217.